The van der Waals surface area contributed by atoms with E-state index in [1.54, 1.807) is 17.7 Å². The second-order valence-electron chi connectivity index (χ2n) is 17.9. The fourth-order valence-electron chi connectivity index (χ4n) is 8.34. The van der Waals surface area contributed by atoms with Crippen LogP contribution in [0.15, 0.2) is 78.8 Å². The summed E-state index contributed by atoms with van der Waals surface area (Å²) < 4.78 is 2.37. The van der Waals surface area contributed by atoms with Crippen molar-refractivity contribution in [3.63, 3.8) is 0 Å². The number of carbonyl (C=O) groups is 1. The summed E-state index contributed by atoms with van der Waals surface area (Å²) >= 11 is 1.78. The average molecular weight is 947 g/mol. The number of aromatic nitrogens is 3. The Bertz CT molecular complexity index is 2290. The van der Waals surface area contributed by atoms with Crippen LogP contribution in [0.5, 0.6) is 0 Å². The van der Waals surface area contributed by atoms with Crippen LogP contribution in [-0.2, 0) is 31.3 Å². The van der Waals surface area contributed by atoms with Gasteiger partial charge in [0, 0.05) is 69.9 Å². The Labute approximate surface area is 352 Å². The van der Waals surface area contributed by atoms with Gasteiger partial charge in [-0.05, 0) is 78.7 Å². The van der Waals surface area contributed by atoms with E-state index in [2.05, 4.69) is 148 Å². The first-order valence-electron chi connectivity index (χ1n) is 19.9. The summed E-state index contributed by atoms with van der Waals surface area (Å²) in [5, 5.41) is 13.7. The molecule has 3 aromatic carbocycles. The summed E-state index contributed by atoms with van der Waals surface area (Å²) in [5.41, 5.74) is 8.92. The van der Waals surface area contributed by atoms with Crippen molar-refractivity contribution in [3.8, 4) is 22.4 Å². The molecule has 0 amide bonds. The number of nitrogens with zero attached hydrogens (tertiary/aromatic N) is 3. The number of pyridine rings is 1. The van der Waals surface area contributed by atoms with Gasteiger partial charge in [-0.15, -0.1) is 34.9 Å². The average Bonchev–Trinajstić information content (AvgIpc) is 3.44. The summed E-state index contributed by atoms with van der Waals surface area (Å²) in [4.78, 5) is 26.4. The van der Waals surface area contributed by atoms with Gasteiger partial charge in [-0.3, -0.25) is 14.8 Å². The van der Waals surface area contributed by atoms with E-state index < -0.39 is 0 Å². The fraction of sp³-hybridized carbons (Fsp3) is 0.429. The molecule has 56 heavy (non-hydrogen) atoms. The number of rotatable bonds is 10. The maximum atomic E-state index is 12.3. The van der Waals surface area contributed by atoms with Crippen molar-refractivity contribution in [1.29, 1.82) is 0 Å². The fourth-order valence-corrected chi connectivity index (χ4v) is 9.56. The maximum Gasteiger partial charge on any atom is 0.162 e. The number of thiophene rings is 1. The van der Waals surface area contributed by atoms with E-state index in [9.17, 15) is 9.90 Å². The number of benzene rings is 3. The molecule has 0 saturated heterocycles. The van der Waals surface area contributed by atoms with Gasteiger partial charge >= 0.3 is 0 Å². The Kier molecular flexibility index (Phi) is 15.0. The number of aliphatic hydroxyl groups is 1. The third kappa shape index (κ3) is 10.6. The number of hydrogen-bond acceptors (Lipinski definition) is 6. The van der Waals surface area contributed by atoms with Crippen LogP contribution in [0.1, 0.15) is 93.1 Å². The molecule has 0 aliphatic heterocycles. The molecular weight excluding hydrogens is 887 g/mol. The van der Waals surface area contributed by atoms with Crippen LogP contribution in [0.3, 0.4) is 0 Å². The van der Waals surface area contributed by atoms with E-state index in [0.717, 1.165) is 44.7 Å². The first kappa shape index (κ1) is 44.9. The molecule has 7 heteroatoms. The number of ketones is 1. The van der Waals surface area contributed by atoms with Gasteiger partial charge in [0.25, 0.3) is 0 Å². The van der Waals surface area contributed by atoms with Crippen LogP contribution in [0.2, 0.25) is 0 Å². The van der Waals surface area contributed by atoms with Gasteiger partial charge < -0.3 is 5.11 Å². The smallest absolute Gasteiger partial charge is 0.162 e. The molecule has 1 N–H and O–H groups in total. The minimum atomic E-state index is -0.0119. The summed E-state index contributed by atoms with van der Waals surface area (Å²) in [6.45, 7) is 27.5. The predicted octanol–water partition coefficient (Wildman–Crippen LogP) is 13.6. The van der Waals surface area contributed by atoms with Crippen LogP contribution in [-0.4, -0.2) is 25.8 Å². The summed E-state index contributed by atoms with van der Waals surface area (Å²) in [5.74, 6) is 1.63. The van der Waals surface area contributed by atoms with Gasteiger partial charge in [0.1, 0.15) is 6.33 Å². The second kappa shape index (κ2) is 18.7. The molecule has 6 aromatic rings. The Balaban J connectivity index is 0.000000299. The molecule has 0 spiro atoms. The normalized spacial score (nSPS) is 12.4. The molecule has 299 valence electrons. The minimum absolute atomic E-state index is 0. The van der Waals surface area contributed by atoms with Gasteiger partial charge in [0.05, 0.1) is 11.3 Å². The monoisotopic (exact) mass is 947 g/mol. The summed E-state index contributed by atoms with van der Waals surface area (Å²) in [6, 6.07) is 25.5. The van der Waals surface area contributed by atoms with E-state index >= 15 is 0 Å². The van der Waals surface area contributed by atoms with E-state index in [1.165, 1.54) is 38.2 Å². The van der Waals surface area contributed by atoms with E-state index in [-0.39, 0.29) is 48.9 Å². The quantitative estimate of drug-likeness (QED) is 0.0841. The number of carbonyl (C=O) groups excluding carboxylic acids is 1. The summed E-state index contributed by atoms with van der Waals surface area (Å²) in [6.07, 6.45) is 4.22. The third-order valence-corrected chi connectivity index (χ3v) is 11.5. The first-order valence-corrected chi connectivity index (χ1v) is 20.7. The molecule has 0 unspecified atom stereocenters. The SMILES string of the molecule is CC(C)C(C(=O)/C=C(\O)C(C(C)C)C(C)C)C(C)C.Cc1cc(-c2cc(-c3ncnc4c3sc3cc(CC(C)(C)C)ccc34)[c-]c3ccccc23)cc(C)n1.[Ir]. The molecule has 0 fully saturated rings. The molecule has 6 rings (SSSR count). The Morgan fingerprint density at radius 1 is 0.804 bits per heavy atom. The zero-order valence-electron chi connectivity index (χ0n) is 35.5. The van der Waals surface area contributed by atoms with Crippen LogP contribution >= 0.6 is 11.3 Å². The van der Waals surface area contributed by atoms with Gasteiger partial charge in [0.2, 0.25) is 0 Å². The van der Waals surface area contributed by atoms with Crippen molar-refractivity contribution in [3.05, 3.63) is 102 Å². The standard InChI is InChI=1S/C32H28N3S.C17H32O2.Ir/c1-19-12-23(13-20(2)35-19)27-16-24(15-22-8-6-7-9-25(22)27)29-31-30(34-18-33-29)26-11-10-21(14-28(26)36-31)17-32(3,4)5;1-10(2)16(11(3)4)14(18)9-15(19)17(12(5)6)13(7)8;/h6-14,16,18H,17H2,1-5H3;9-13,16-18H,1-8H3;/q-1;;/b;14-9-;. The molecule has 0 bridgehead atoms. The third-order valence-electron chi connectivity index (χ3n) is 10.3. The Morgan fingerprint density at radius 2 is 1.41 bits per heavy atom. The van der Waals surface area contributed by atoms with Gasteiger partial charge in [-0.2, -0.15) is 0 Å². The van der Waals surface area contributed by atoms with Gasteiger partial charge in [-0.1, -0.05) is 123 Å². The van der Waals surface area contributed by atoms with Crippen LogP contribution < -0.4 is 0 Å². The van der Waals surface area contributed by atoms with Crippen molar-refractivity contribution in [1.82, 2.24) is 15.0 Å². The molecule has 3 heterocycles. The topological polar surface area (TPSA) is 76.0 Å². The zero-order chi connectivity index (χ0) is 40.4. The molecule has 0 aliphatic carbocycles. The molecule has 0 aliphatic rings. The van der Waals surface area contributed by atoms with Gasteiger partial charge in [0.15, 0.2) is 5.78 Å². The first-order chi connectivity index (χ1) is 25.8. The number of hydrogen-bond donors (Lipinski definition) is 1. The van der Waals surface area contributed by atoms with Gasteiger partial charge in [-0.25, -0.2) is 4.98 Å². The Hall–Kier alpha value is -3.77. The number of fused-ring (bicyclic) bond motifs is 4. The second-order valence-corrected chi connectivity index (χ2v) is 18.9. The Morgan fingerprint density at radius 3 is 2.00 bits per heavy atom. The predicted molar refractivity (Wildman–Crippen MR) is 235 cm³/mol. The molecular formula is C49H60IrN3O2S-. The van der Waals surface area contributed by atoms with Crippen LogP contribution in [0, 0.1) is 60.8 Å². The van der Waals surface area contributed by atoms with Crippen molar-refractivity contribution < 1.29 is 30.0 Å². The largest absolute Gasteiger partial charge is 0.512 e. The van der Waals surface area contributed by atoms with Crippen LogP contribution in [0.25, 0.3) is 53.5 Å². The van der Waals surface area contributed by atoms with E-state index in [0.29, 0.717) is 23.7 Å². The van der Waals surface area contributed by atoms with Crippen molar-refractivity contribution in [2.45, 2.75) is 96.4 Å². The molecule has 0 atom stereocenters. The van der Waals surface area contributed by atoms with Crippen molar-refractivity contribution in [2.75, 3.05) is 0 Å². The molecule has 5 nitrogen and oxygen atoms in total. The zero-order valence-corrected chi connectivity index (χ0v) is 38.7. The number of allylic oxidation sites excluding steroid dienone is 2. The minimum Gasteiger partial charge on any atom is -0.512 e. The number of aliphatic hydroxyl groups excluding tert-OH is 1. The molecule has 3 aromatic heterocycles. The molecule has 0 saturated carbocycles. The van der Waals surface area contributed by atoms with E-state index in [4.69, 9.17) is 9.97 Å². The van der Waals surface area contributed by atoms with Crippen LogP contribution in [0.4, 0.5) is 0 Å². The number of aryl methyl sites for hydroxylation is 2. The maximum absolute atomic E-state index is 12.3. The van der Waals surface area contributed by atoms with Crippen molar-refractivity contribution in [2.24, 2.45) is 40.9 Å². The summed E-state index contributed by atoms with van der Waals surface area (Å²) in [7, 11) is 0. The van der Waals surface area contributed by atoms with Crippen molar-refractivity contribution >= 4 is 48.2 Å². The van der Waals surface area contributed by atoms with E-state index in [1.807, 2.05) is 13.8 Å². The molecule has 1 radical (unpaired) electrons.